The van der Waals surface area contributed by atoms with Crippen LogP contribution in [0.1, 0.15) is 11.4 Å². The van der Waals surface area contributed by atoms with Gasteiger partial charge < -0.3 is 5.32 Å². The SMILES string of the molecule is Cc1csc2nc(CN(C)C3CNC3)cc(=O)n12.Cl. The maximum absolute atomic E-state index is 12.0. The summed E-state index contributed by atoms with van der Waals surface area (Å²) in [6.07, 6.45) is 0. The second kappa shape index (κ2) is 5.58. The van der Waals surface area contributed by atoms with E-state index in [9.17, 15) is 4.79 Å². The van der Waals surface area contributed by atoms with Crippen LogP contribution < -0.4 is 10.9 Å². The van der Waals surface area contributed by atoms with E-state index in [1.54, 1.807) is 10.5 Å². The van der Waals surface area contributed by atoms with E-state index in [0.717, 1.165) is 36.0 Å². The van der Waals surface area contributed by atoms with E-state index >= 15 is 0 Å². The number of rotatable bonds is 3. The molecule has 0 spiro atoms. The Morgan fingerprint density at radius 1 is 1.58 bits per heavy atom. The van der Waals surface area contributed by atoms with Crippen molar-refractivity contribution in [1.82, 2.24) is 19.6 Å². The minimum atomic E-state index is 0. The highest BCUT2D eigenvalue weighted by Crippen LogP contribution is 2.13. The Balaban J connectivity index is 0.00000133. The highest BCUT2D eigenvalue weighted by atomic mass is 35.5. The maximum atomic E-state index is 12.0. The third-order valence-electron chi connectivity index (χ3n) is 3.42. The molecule has 2 aromatic rings. The van der Waals surface area contributed by atoms with Gasteiger partial charge in [-0.1, -0.05) is 0 Å². The van der Waals surface area contributed by atoms with E-state index in [1.807, 2.05) is 12.3 Å². The Morgan fingerprint density at radius 2 is 2.32 bits per heavy atom. The van der Waals surface area contributed by atoms with E-state index in [0.29, 0.717) is 6.04 Å². The van der Waals surface area contributed by atoms with Crippen LogP contribution in [0.4, 0.5) is 0 Å². The lowest BCUT2D eigenvalue weighted by molar-refractivity contribution is 0.171. The lowest BCUT2D eigenvalue weighted by Gasteiger charge is -2.35. The summed E-state index contributed by atoms with van der Waals surface area (Å²) in [5, 5.41) is 5.21. The Labute approximate surface area is 121 Å². The van der Waals surface area contributed by atoms with Gasteiger partial charge in [0.1, 0.15) is 0 Å². The average molecular weight is 301 g/mol. The Kier molecular flexibility index (Phi) is 4.25. The topological polar surface area (TPSA) is 49.6 Å². The monoisotopic (exact) mass is 300 g/mol. The van der Waals surface area contributed by atoms with Crippen LogP contribution in [0.2, 0.25) is 0 Å². The first-order valence-electron chi connectivity index (χ1n) is 6.03. The zero-order chi connectivity index (χ0) is 12.7. The first-order chi connectivity index (χ1) is 8.65. The molecular weight excluding hydrogens is 284 g/mol. The van der Waals surface area contributed by atoms with Crippen LogP contribution in [0.25, 0.3) is 4.96 Å². The third-order valence-corrected chi connectivity index (χ3v) is 4.37. The molecule has 2 aromatic heterocycles. The normalized spacial score (nSPS) is 15.5. The number of nitrogens with one attached hydrogen (secondary N) is 1. The van der Waals surface area contributed by atoms with Crippen LogP contribution in [0.5, 0.6) is 0 Å². The molecule has 7 heteroatoms. The van der Waals surface area contributed by atoms with E-state index in [-0.39, 0.29) is 18.0 Å². The number of nitrogens with zero attached hydrogens (tertiary/aromatic N) is 3. The van der Waals surface area contributed by atoms with Crippen molar-refractivity contribution in [3.8, 4) is 0 Å². The molecule has 104 valence electrons. The van der Waals surface area contributed by atoms with Gasteiger partial charge in [0.2, 0.25) is 0 Å². The van der Waals surface area contributed by atoms with Crippen molar-refractivity contribution in [2.24, 2.45) is 0 Å². The van der Waals surface area contributed by atoms with Gasteiger partial charge in [0.05, 0.1) is 5.69 Å². The fourth-order valence-electron chi connectivity index (χ4n) is 2.15. The first-order valence-corrected chi connectivity index (χ1v) is 6.91. The smallest absolute Gasteiger partial charge is 0.259 e. The minimum absolute atomic E-state index is 0. The van der Waals surface area contributed by atoms with Crippen molar-refractivity contribution in [3.63, 3.8) is 0 Å². The van der Waals surface area contributed by atoms with Crippen molar-refractivity contribution in [2.75, 3.05) is 20.1 Å². The number of hydrogen-bond acceptors (Lipinski definition) is 5. The summed E-state index contributed by atoms with van der Waals surface area (Å²) in [4.78, 5) is 19.6. The molecule has 0 saturated carbocycles. The van der Waals surface area contributed by atoms with Gasteiger partial charge in [-0.05, 0) is 14.0 Å². The van der Waals surface area contributed by atoms with Crippen LogP contribution >= 0.6 is 23.7 Å². The number of aryl methyl sites for hydroxylation is 1. The number of halogens is 1. The number of aromatic nitrogens is 2. The number of fused-ring (bicyclic) bond motifs is 1. The second-order valence-electron chi connectivity index (χ2n) is 4.81. The van der Waals surface area contributed by atoms with E-state index < -0.39 is 0 Å². The summed E-state index contributed by atoms with van der Waals surface area (Å²) < 4.78 is 1.67. The molecule has 3 rings (SSSR count). The van der Waals surface area contributed by atoms with Gasteiger partial charge in [0.15, 0.2) is 4.96 Å². The largest absolute Gasteiger partial charge is 0.314 e. The molecule has 5 nitrogen and oxygen atoms in total. The molecular formula is C12H17ClN4OS. The summed E-state index contributed by atoms with van der Waals surface area (Å²) in [7, 11) is 2.08. The molecule has 0 radical (unpaired) electrons. The highest BCUT2D eigenvalue weighted by Gasteiger charge is 2.21. The van der Waals surface area contributed by atoms with Crippen molar-refractivity contribution < 1.29 is 0 Å². The summed E-state index contributed by atoms with van der Waals surface area (Å²) in [6, 6.07) is 2.21. The van der Waals surface area contributed by atoms with Crippen molar-refractivity contribution in [1.29, 1.82) is 0 Å². The molecule has 19 heavy (non-hydrogen) atoms. The van der Waals surface area contributed by atoms with Gasteiger partial charge in [0, 0.05) is 42.8 Å². The fourth-order valence-corrected chi connectivity index (χ4v) is 3.04. The predicted octanol–water partition coefficient (Wildman–Crippen LogP) is 0.890. The van der Waals surface area contributed by atoms with Crippen molar-refractivity contribution >= 4 is 28.7 Å². The van der Waals surface area contributed by atoms with Gasteiger partial charge in [-0.3, -0.25) is 14.1 Å². The van der Waals surface area contributed by atoms with Gasteiger partial charge in [-0.15, -0.1) is 23.7 Å². The molecule has 1 aliphatic rings. The maximum Gasteiger partial charge on any atom is 0.259 e. The average Bonchev–Trinajstić information content (AvgIpc) is 2.57. The molecule has 0 unspecified atom stereocenters. The molecule has 0 amide bonds. The van der Waals surface area contributed by atoms with Gasteiger partial charge in [0.25, 0.3) is 5.56 Å². The second-order valence-corrected chi connectivity index (χ2v) is 5.64. The lowest BCUT2D eigenvalue weighted by Crippen LogP contribution is -2.55. The van der Waals surface area contributed by atoms with Gasteiger partial charge >= 0.3 is 0 Å². The highest BCUT2D eigenvalue weighted by molar-refractivity contribution is 7.15. The predicted molar refractivity (Wildman–Crippen MR) is 79.4 cm³/mol. The molecule has 1 saturated heterocycles. The molecule has 1 aliphatic heterocycles. The van der Waals surface area contributed by atoms with Crippen LogP contribution in [0.3, 0.4) is 0 Å². The van der Waals surface area contributed by atoms with Crippen LogP contribution in [-0.4, -0.2) is 40.5 Å². The summed E-state index contributed by atoms with van der Waals surface area (Å²) in [5.41, 5.74) is 1.83. The summed E-state index contributed by atoms with van der Waals surface area (Å²) >= 11 is 1.52. The molecule has 1 fully saturated rings. The van der Waals surface area contributed by atoms with E-state index in [2.05, 4.69) is 22.2 Å². The Bertz CT molecular complexity index is 634. The summed E-state index contributed by atoms with van der Waals surface area (Å²) in [5.74, 6) is 0. The van der Waals surface area contributed by atoms with Crippen LogP contribution in [-0.2, 0) is 6.54 Å². The van der Waals surface area contributed by atoms with Gasteiger partial charge in [-0.25, -0.2) is 4.98 Å². The first kappa shape index (κ1) is 14.5. The Hall–Kier alpha value is -0.950. The molecule has 0 atom stereocenters. The van der Waals surface area contributed by atoms with E-state index in [4.69, 9.17) is 0 Å². The minimum Gasteiger partial charge on any atom is -0.314 e. The molecule has 1 N–H and O–H groups in total. The Morgan fingerprint density at radius 3 is 2.95 bits per heavy atom. The summed E-state index contributed by atoms with van der Waals surface area (Å²) in [6.45, 7) is 4.71. The van der Waals surface area contributed by atoms with Gasteiger partial charge in [-0.2, -0.15) is 0 Å². The molecule has 0 aliphatic carbocycles. The molecule has 3 heterocycles. The zero-order valence-electron chi connectivity index (χ0n) is 10.9. The molecule has 0 bridgehead atoms. The third kappa shape index (κ3) is 2.67. The number of thiazole rings is 1. The van der Waals surface area contributed by atoms with Crippen LogP contribution in [0.15, 0.2) is 16.2 Å². The fraction of sp³-hybridized carbons (Fsp3) is 0.500. The van der Waals surface area contributed by atoms with Crippen molar-refractivity contribution in [2.45, 2.75) is 19.5 Å². The number of hydrogen-bond donors (Lipinski definition) is 1. The van der Waals surface area contributed by atoms with Crippen molar-refractivity contribution in [3.05, 3.63) is 33.2 Å². The van der Waals surface area contributed by atoms with Crippen LogP contribution in [0, 0.1) is 6.92 Å². The quantitative estimate of drug-likeness (QED) is 0.915. The zero-order valence-corrected chi connectivity index (χ0v) is 12.6. The standard InChI is InChI=1S/C12H16N4OS.ClH/c1-8-7-18-12-14-9(3-11(17)16(8)12)6-15(2)10-4-13-5-10;/h3,7,10,13H,4-6H2,1-2H3;1H. The number of likely N-dealkylation sites (N-methyl/N-ethyl adjacent to an activating group) is 1. The molecule has 0 aromatic carbocycles. The lowest BCUT2D eigenvalue weighted by atomic mass is 10.1. The van der Waals surface area contributed by atoms with E-state index in [1.165, 1.54) is 11.3 Å².